The Labute approximate surface area is 80.1 Å². The number of rotatable bonds is 0. The van der Waals surface area contributed by atoms with Gasteiger partial charge < -0.3 is 11.5 Å². The van der Waals surface area contributed by atoms with Gasteiger partial charge in [0.15, 0.2) is 0 Å². The molecular weight excluding hydrogens is 160 g/mol. The molecule has 2 heteroatoms. The summed E-state index contributed by atoms with van der Waals surface area (Å²) in [7, 11) is 0. The second kappa shape index (κ2) is 2.12. The normalized spacial score (nSPS) is 57.0. The van der Waals surface area contributed by atoms with Crippen molar-refractivity contribution < 1.29 is 0 Å². The summed E-state index contributed by atoms with van der Waals surface area (Å²) < 4.78 is 0. The maximum Gasteiger partial charge on any atom is 0.0721 e. The molecule has 13 heavy (non-hydrogen) atoms. The van der Waals surface area contributed by atoms with E-state index in [-0.39, 0.29) is 11.1 Å². The van der Waals surface area contributed by atoms with E-state index in [0.717, 1.165) is 11.8 Å². The van der Waals surface area contributed by atoms with Crippen LogP contribution in [0.1, 0.15) is 39.0 Å². The Morgan fingerprint density at radius 2 is 1.54 bits per heavy atom. The van der Waals surface area contributed by atoms with Gasteiger partial charge in [-0.15, -0.1) is 0 Å². The fourth-order valence-corrected chi connectivity index (χ4v) is 4.49. The molecule has 0 spiro atoms. The van der Waals surface area contributed by atoms with Crippen LogP contribution in [0.3, 0.4) is 0 Å². The molecule has 2 unspecified atom stereocenters. The Morgan fingerprint density at radius 1 is 1.00 bits per heavy atom. The Morgan fingerprint density at radius 3 is 2.00 bits per heavy atom. The maximum atomic E-state index is 6.32. The van der Waals surface area contributed by atoms with Crippen LogP contribution in [0.5, 0.6) is 0 Å². The summed E-state index contributed by atoms with van der Waals surface area (Å²) in [6.07, 6.45) is 6.64. The van der Waals surface area contributed by atoms with Gasteiger partial charge >= 0.3 is 0 Å². The summed E-state index contributed by atoms with van der Waals surface area (Å²) >= 11 is 0. The molecule has 0 aliphatic heterocycles. The van der Waals surface area contributed by atoms with Crippen LogP contribution in [-0.4, -0.2) is 5.66 Å². The lowest BCUT2D eigenvalue weighted by molar-refractivity contribution is -0.113. The second-order valence-corrected chi connectivity index (χ2v) is 6.04. The van der Waals surface area contributed by atoms with Gasteiger partial charge in [0.1, 0.15) is 0 Å². The maximum absolute atomic E-state index is 6.32. The molecule has 2 nitrogen and oxygen atoms in total. The van der Waals surface area contributed by atoms with Crippen molar-refractivity contribution in [2.75, 3.05) is 0 Å². The Bertz CT molecular complexity index is 232. The van der Waals surface area contributed by atoms with E-state index in [2.05, 4.69) is 6.92 Å². The molecule has 4 bridgehead atoms. The van der Waals surface area contributed by atoms with E-state index in [1.807, 2.05) is 0 Å². The van der Waals surface area contributed by atoms with Crippen LogP contribution in [0, 0.1) is 23.2 Å². The topological polar surface area (TPSA) is 52.0 Å². The summed E-state index contributed by atoms with van der Waals surface area (Å²) in [6, 6.07) is 0. The summed E-state index contributed by atoms with van der Waals surface area (Å²) in [5.74, 6) is 2.51. The van der Waals surface area contributed by atoms with Crippen LogP contribution in [0.25, 0.3) is 0 Å². The third-order valence-corrected chi connectivity index (χ3v) is 5.10. The fraction of sp³-hybridized carbons (Fsp3) is 1.00. The molecule has 0 heterocycles. The fourth-order valence-electron chi connectivity index (χ4n) is 4.49. The van der Waals surface area contributed by atoms with E-state index in [0.29, 0.717) is 5.92 Å². The van der Waals surface area contributed by atoms with Crippen molar-refractivity contribution in [1.29, 1.82) is 0 Å². The van der Waals surface area contributed by atoms with Crippen molar-refractivity contribution in [3.63, 3.8) is 0 Å². The zero-order chi connectivity index (χ0) is 9.27. The van der Waals surface area contributed by atoms with Crippen LogP contribution >= 0.6 is 0 Å². The quantitative estimate of drug-likeness (QED) is 0.554. The first-order valence-electron chi connectivity index (χ1n) is 5.59. The third kappa shape index (κ3) is 0.861. The molecule has 0 aromatic heterocycles. The van der Waals surface area contributed by atoms with Crippen molar-refractivity contribution in [2.24, 2.45) is 34.6 Å². The predicted octanol–water partition coefficient (Wildman–Crippen LogP) is 1.45. The van der Waals surface area contributed by atoms with Crippen molar-refractivity contribution in [2.45, 2.75) is 44.7 Å². The van der Waals surface area contributed by atoms with Gasteiger partial charge in [-0.2, -0.15) is 0 Å². The number of hydrogen-bond donors (Lipinski definition) is 2. The molecule has 4 rings (SSSR count). The van der Waals surface area contributed by atoms with Gasteiger partial charge in [-0.05, 0) is 55.3 Å². The molecule has 4 saturated carbocycles. The number of hydrogen-bond acceptors (Lipinski definition) is 2. The van der Waals surface area contributed by atoms with Crippen LogP contribution in [0.4, 0.5) is 0 Å². The van der Waals surface area contributed by atoms with E-state index in [9.17, 15) is 0 Å². The largest absolute Gasteiger partial charge is 0.313 e. The Balaban J connectivity index is 2.03. The second-order valence-electron chi connectivity index (χ2n) is 6.04. The minimum Gasteiger partial charge on any atom is -0.313 e. The first-order chi connectivity index (χ1) is 6.01. The molecule has 0 aromatic rings. The number of nitrogens with two attached hydrogens (primary N) is 2. The van der Waals surface area contributed by atoms with Crippen molar-refractivity contribution in [1.82, 2.24) is 0 Å². The highest BCUT2D eigenvalue weighted by Gasteiger charge is 2.59. The highest BCUT2D eigenvalue weighted by Crippen LogP contribution is 2.61. The van der Waals surface area contributed by atoms with Crippen LogP contribution in [0.2, 0.25) is 0 Å². The summed E-state index contributed by atoms with van der Waals surface area (Å²) in [5, 5.41) is 0. The Hall–Kier alpha value is -0.0800. The average Bonchev–Trinajstić information content (AvgIpc) is 1.99. The Kier molecular flexibility index (Phi) is 1.34. The van der Waals surface area contributed by atoms with E-state index in [4.69, 9.17) is 11.5 Å². The van der Waals surface area contributed by atoms with E-state index in [1.54, 1.807) is 0 Å². The van der Waals surface area contributed by atoms with E-state index < -0.39 is 0 Å². The van der Waals surface area contributed by atoms with Gasteiger partial charge in [-0.1, -0.05) is 6.92 Å². The standard InChI is InChI=1S/C11H20N2/c1-10-5-7-2-8(6-10)4-9(3-7)11(10,12)13/h7-9H,2-6,12-13H2,1H3. The lowest BCUT2D eigenvalue weighted by atomic mass is 9.45. The molecule has 4 aliphatic carbocycles. The smallest absolute Gasteiger partial charge is 0.0721 e. The lowest BCUT2D eigenvalue weighted by Gasteiger charge is -2.64. The minimum absolute atomic E-state index is 0.252. The molecular formula is C11H20N2. The minimum atomic E-state index is -0.361. The van der Waals surface area contributed by atoms with Crippen LogP contribution in [-0.2, 0) is 0 Å². The van der Waals surface area contributed by atoms with Crippen LogP contribution < -0.4 is 11.5 Å². The lowest BCUT2D eigenvalue weighted by Crippen LogP contribution is -2.73. The van der Waals surface area contributed by atoms with Gasteiger partial charge in [0, 0.05) is 0 Å². The predicted molar refractivity (Wildman–Crippen MR) is 52.8 cm³/mol. The van der Waals surface area contributed by atoms with Crippen molar-refractivity contribution in [3.8, 4) is 0 Å². The molecule has 0 aromatic carbocycles. The summed E-state index contributed by atoms with van der Waals surface area (Å²) in [4.78, 5) is 0. The highest BCUT2D eigenvalue weighted by atomic mass is 15.0. The average molecular weight is 180 g/mol. The molecule has 0 radical (unpaired) electrons. The van der Waals surface area contributed by atoms with Gasteiger partial charge in [0.25, 0.3) is 0 Å². The monoisotopic (exact) mass is 180 g/mol. The molecule has 0 saturated heterocycles. The van der Waals surface area contributed by atoms with Crippen molar-refractivity contribution in [3.05, 3.63) is 0 Å². The zero-order valence-corrected chi connectivity index (χ0v) is 8.42. The van der Waals surface area contributed by atoms with Gasteiger partial charge in [0.2, 0.25) is 0 Å². The molecule has 4 N–H and O–H groups in total. The summed E-state index contributed by atoms with van der Waals surface area (Å²) in [6.45, 7) is 2.32. The highest BCUT2D eigenvalue weighted by molar-refractivity contribution is 5.12. The molecule has 2 atom stereocenters. The van der Waals surface area contributed by atoms with Gasteiger partial charge in [-0.3, -0.25) is 0 Å². The van der Waals surface area contributed by atoms with E-state index >= 15 is 0 Å². The van der Waals surface area contributed by atoms with Crippen molar-refractivity contribution >= 4 is 0 Å². The summed E-state index contributed by atoms with van der Waals surface area (Å²) in [5.41, 5.74) is 12.5. The van der Waals surface area contributed by atoms with Gasteiger partial charge in [-0.25, -0.2) is 0 Å². The first kappa shape index (κ1) is 8.25. The first-order valence-corrected chi connectivity index (χ1v) is 5.59. The molecule has 0 amide bonds. The van der Waals surface area contributed by atoms with E-state index in [1.165, 1.54) is 32.1 Å². The molecule has 4 fully saturated rings. The SMILES string of the molecule is CC12CC3CC(CC(C3)C1(N)N)C2. The zero-order valence-electron chi connectivity index (χ0n) is 8.42. The van der Waals surface area contributed by atoms with Gasteiger partial charge in [0.05, 0.1) is 5.66 Å². The molecule has 74 valence electrons. The van der Waals surface area contributed by atoms with Crippen LogP contribution in [0.15, 0.2) is 0 Å². The third-order valence-electron chi connectivity index (χ3n) is 5.10. The molecule has 4 aliphatic rings.